The molecule has 0 aromatic heterocycles. The quantitative estimate of drug-likeness (QED) is 0.326. The lowest BCUT2D eigenvalue weighted by Gasteiger charge is -2.32. The van der Waals surface area contributed by atoms with E-state index < -0.39 is 6.04 Å². The van der Waals surface area contributed by atoms with Crippen LogP contribution in [0.5, 0.6) is 0 Å². The largest absolute Gasteiger partial charge is 0.355 e. The third kappa shape index (κ3) is 6.49. The molecule has 1 N–H and O–H groups in total. The molecular weight excluding hydrogens is 537 g/mol. The second kappa shape index (κ2) is 12.9. The van der Waals surface area contributed by atoms with Gasteiger partial charge in [0.05, 0.1) is 11.1 Å². The third-order valence-corrected chi connectivity index (χ3v) is 7.37. The van der Waals surface area contributed by atoms with Gasteiger partial charge in [0, 0.05) is 48.1 Å². The van der Waals surface area contributed by atoms with Gasteiger partial charge < -0.3 is 10.2 Å². The van der Waals surface area contributed by atoms with Crippen LogP contribution in [0.15, 0.2) is 72.8 Å². The molecule has 1 atom stereocenters. The average Bonchev–Trinajstić information content (AvgIpc) is 3.17. The molecule has 1 aliphatic rings. The number of carbonyl (C=O) groups is 4. The fraction of sp³-hybridized carbons (Fsp3) is 0.267. The average molecular weight is 566 g/mol. The number of nitrogens with one attached hydrogen (secondary N) is 1. The molecule has 1 heterocycles. The lowest BCUT2D eigenvalue weighted by Crippen LogP contribution is -2.50. The van der Waals surface area contributed by atoms with Crippen LogP contribution in [0.25, 0.3) is 0 Å². The van der Waals surface area contributed by atoms with Crippen LogP contribution in [-0.2, 0) is 22.6 Å². The Kier molecular flexibility index (Phi) is 9.38. The first-order valence-corrected chi connectivity index (χ1v) is 13.6. The molecule has 0 spiro atoms. The van der Waals surface area contributed by atoms with Crippen molar-refractivity contribution in [2.24, 2.45) is 0 Å². The van der Waals surface area contributed by atoms with Crippen molar-refractivity contribution in [3.05, 3.63) is 105 Å². The standard InChI is InChI=1S/C30H29Cl2N3O4/c1-2-33-28(37)26(18-20-10-4-3-5-11-20)35(19-23-24(31)14-8-15-25(23)32)27(36)16-9-17-34-29(38)21-12-6-7-13-22(21)30(34)39/h3-8,10-15,26H,2,9,16-19H2,1H3,(H,33,37). The molecule has 39 heavy (non-hydrogen) atoms. The Hall–Kier alpha value is -3.68. The molecule has 3 aromatic carbocycles. The summed E-state index contributed by atoms with van der Waals surface area (Å²) in [6.45, 7) is 2.33. The highest BCUT2D eigenvalue weighted by atomic mass is 35.5. The van der Waals surface area contributed by atoms with Gasteiger partial charge in [-0.1, -0.05) is 71.7 Å². The number of benzene rings is 3. The van der Waals surface area contributed by atoms with Crippen LogP contribution in [0.4, 0.5) is 0 Å². The molecule has 0 radical (unpaired) electrons. The second-order valence-electron chi connectivity index (χ2n) is 9.23. The van der Waals surface area contributed by atoms with E-state index in [1.807, 2.05) is 37.3 Å². The van der Waals surface area contributed by atoms with Gasteiger partial charge in [-0.2, -0.15) is 0 Å². The Morgan fingerprint density at radius 3 is 2.05 bits per heavy atom. The Balaban J connectivity index is 1.56. The summed E-state index contributed by atoms with van der Waals surface area (Å²) in [6.07, 6.45) is 0.545. The van der Waals surface area contributed by atoms with Crippen LogP contribution < -0.4 is 5.32 Å². The van der Waals surface area contributed by atoms with Crippen molar-refractivity contribution < 1.29 is 19.2 Å². The summed E-state index contributed by atoms with van der Waals surface area (Å²) in [5.74, 6) is -1.34. The van der Waals surface area contributed by atoms with Gasteiger partial charge in [-0.25, -0.2) is 0 Å². The van der Waals surface area contributed by atoms with Crippen LogP contribution in [-0.4, -0.2) is 52.6 Å². The molecule has 0 bridgehead atoms. The summed E-state index contributed by atoms with van der Waals surface area (Å²) in [7, 11) is 0. The van der Waals surface area contributed by atoms with Gasteiger partial charge >= 0.3 is 0 Å². The van der Waals surface area contributed by atoms with E-state index >= 15 is 0 Å². The molecule has 1 aliphatic heterocycles. The fourth-order valence-electron chi connectivity index (χ4n) is 4.67. The molecule has 0 saturated carbocycles. The first-order chi connectivity index (χ1) is 18.8. The Bertz CT molecular complexity index is 1320. The highest BCUT2D eigenvalue weighted by Crippen LogP contribution is 2.28. The summed E-state index contributed by atoms with van der Waals surface area (Å²) >= 11 is 12.9. The Morgan fingerprint density at radius 1 is 0.872 bits per heavy atom. The van der Waals surface area contributed by atoms with E-state index in [2.05, 4.69) is 5.32 Å². The van der Waals surface area contributed by atoms with Gasteiger partial charge in [-0.15, -0.1) is 0 Å². The maximum atomic E-state index is 13.7. The zero-order valence-electron chi connectivity index (χ0n) is 21.5. The molecule has 1 unspecified atom stereocenters. The summed E-state index contributed by atoms with van der Waals surface area (Å²) in [6, 6.07) is 20.4. The number of likely N-dealkylation sites (N-methyl/N-ethyl adjacent to an activating group) is 1. The molecule has 0 saturated heterocycles. The summed E-state index contributed by atoms with van der Waals surface area (Å²) in [4.78, 5) is 55.1. The molecule has 7 nitrogen and oxygen atoms in total. The van der Waals surface area contributed by atoms with E-state index in [-0.39, 0.29) is 49.6 Å². The lowest BCUT2D eigenvalue weighted by atomic mass is 10.0. The van der Waals surface area contributed by atoms with Crippen molar-refractivity contribution in [1.82, 2.24) is 15.1 Å². The van der Waals surface area contributed by atoms with Crippen molar-refractivity contribution in [1.29, 1.82) is 0 Å². The molecule has 4 amide bonds. The zero-order valence-corrected chi connectivity index (χ0v) is 23.0. The number of nitrogens with zero attached hydrogens (tertiary/aromatic N) is 2. The van der Waals surface area contributed by atoms with Gasteiger partial charge in [0.1, 0.15) is 6.04 Å². The van der Waals surface area contributed by atoms with Crippen molar-refractivity contribution in [3.63, 3.8) is 0 Å². The molecular formula is C30H29Cl2N3O4. The number of imide groups is 1. The van der Waals surface area contributed by atoms with Crippen LogP contribution in [0, 0.1) is 0 Å². The third-order valence-electron chi connectivity index (χ3n) is 6.66. The number of rotatable bonds is 11. The van der Waals surface area contributed by atoms with Crippen LogP contribution in [0.1, 0.15) is 51.6 Å². The maximum absolute atomic E-state index is 13.7. The summed E-state index contributed by atoms with van der Waals surface area (Å²) in [5, 5.41) is 3.62. The minimum atomic E-state index is -0.827. The van der Waals surface area contributed by atoms with Crippen molar-refractivity contribution >= 4 is 46.8 Å². The monoisotopic (exact) mass is 565 g/mol. The van der Waals surface area contributed by atoms with Crippen LogP contribution in [0.3, 0.4) is 0 Å². The number of hydrogen-bond donors (Lipinski definition) is 1. The summed E-state index contributed by atoms with van der Waals surface area (Å²) < 4.78 is 0. The first-order valence-electron chi connectivity index (χ1n) is 12.8. The fourth-order valence-corrected chi connectivity index (χ4v) is 5.19. The number of fused-ring (bicyclic) bond motifs is 1. The molecule has 0 aliphatic carbocycles. The van der Waals surface area contributed by atoms with Gasteiger partial charge in [-0.05, 0) is 43.2 Å². The van der Waals surface area contributed by atoms with E-state index in [9.17, 15) is 19.2 Å². The normalized spacial score (nSPS) is 13.3. The van der Waals surface area contributed by atoms with Crippen molar-refractivity contribution in [2.45, 2.75) is 38.8 Å². The number of hydrogen-bond acceptors (Lipinski definition) is 4. The molecule has 9 heteroatoms. The smallest absolute Gasteiger partial charge is 0.261 e. The van der Waals surface area contributed by atoms with Crippen molar-refractivity contribution in [3.8, 4) is 0 Å². The molecule has 4 rings (SSSR count). The van der Waals surface area contributed by atoms with E-state index in [0.29, 0.717) is 39.7 Å². The van der Waals surface area contributed by atoms with E-state index in [4.69, 9.17) is 23.2 Å². The highest BCUT2D eigenvalue weighted by molar-refractivity contribution is 6.36. The topological polar surface area (TPSA) is 86.8 Å². The highest BCUT2D eigenvalue weighted by Gasteiger charge is 2.35. The van der Waals surface area contributed by atoms with Crippen LogP contribution in [0.2, 0.25) is 10.0 Å². The molecule has 3 aromatic rings. The van der Waals surface area contributed by atoms with Crippen molar-refractivity contribution in [2.75, 3.05) is 13.1 Å². The molecule has 0 fully saturated rings. The Labute approximate surface area is 237 Å². The SMILES string of the molecule is CCNC(=O)C(Cc1ccccc1)N(Cc1c(Cl)cccc1Cl)C(=O)CCCN1C(=O)c2ccccc2C1=O. The maximum Gasteiger partial charge on any atom is 0.261 e. The number of carbonyl (C=O) groups excluding carboxylic acids is 4. The minimum absolute atomic E-state index is 0.0141. The number of amides is 4. The number of halogens is 2. The summed E-state index contributed by atoms with van der Waals surface area (Å²) in [5.41, 5.74) is 2.16. The van der Waals surface area contributed by atoms with Gasteiger partial charge in [0.25, 0.3) is 11.8 Å². The van der Waals surface area contributed by atoms with E-state index in [1.54, 1.807) is 42.5 Å². The first kappa shape index (κ1) is 28.3. The predicted octanol–water partition coefficient (Wildman–Crippen LogP) is 5.15. The minimum Gasteiger partial charge on any atom is -0.355 e. The van der Waals surface area contributed by atoms with Gasteiger partial charge in [0.15, 0.2) is 0 Å². The van der Waals surface area contributed by atoms with Gasteiger partial charge in [0.2, 0.25) is 11.8 Å². The Morgan fingerprint density at radius 2 is 1.46 bits per heavy atom. The predicted molar refractivity (Wildman–Crippen MR) is 151 cm³/mol. The van der Waals surface area contributed by atoms with E-state index in [1.165, 1.54) is 9.80 Å². The zero-order chi connectivity index (χ0) is 27.9. The lowest BCUT2D eigenvalue weighted by molar-refractivity contribution is -0.141. The van der Waals surface area contributed by atoms with Crippen LogP contribution >= 0.6 is 23.2 Å². The second-order valence-corrected chi connectivity index (χ2v) is 10.0. The molecule has 202 valence electrons. The van der Waals surface area contributed by atoms with Gasteiger partial charge in [-0.3, -0.25) is 24.1 Å². The van der Waals surface area contributed by atoms with E-state index in [0.717, 1.165) is 5.56 Å².